The minimum atomic E-state index is -0.214. The molecule has 0 saturated heterocycles. The van der Waals surface area contributed by atoms with Crippen LogP contribution in [-0.4, -0.2) is 39.3 Å². The van der Waals surface area contributed by atoms with Gasteiger partial charge in [-0.05, 0) is 25.1 Å². The van der Waals surface area contributed by atoms with Gasteiger partial charge in [-0.1, -0.05) is 11.6 Å². The quantitative estimate of drug-likeness (QED) is 0.771. The van der Waals surface area contributed by atoms with Crippen LogP contribution < -0.4 is 10.6 Å². The number of methoxy groups -OCH3 is 1. The highest BCUT2D eigenvalue weighted by atomic mass is 35.5. The maximum Gasteiger partial charge on any atom is 0.287 e. The number of carbonyl (C=O) groups excluding carboxylic acids is 1. The molecule has 0 aliphatic heterocycles. The zero-order chi connectivity index (χ0) is 15.2. The van der Waals surface area contributed by atoms with Gasteiger partial charge in [0, 0.05) is 42.7 Å². The van der Waals surface area contributed by atoms with E-state index in [4.69, 9.17) is 20.8 Å². The van der Waals surface area contributed by atoms with Crippen molar-refractivity contribution in [1.29, 1.82) is 0 Å². The standard InChI is InChI=1S/C15H19ClN2O3/c1-10-12-9-11(16)3-4-13(12)21-14(10)15(19)18-6-5-17-7-8-20-2/h3-4,9,17H,5-8H2,1-2H3,(H,18,19). The molecule has 114 valence electrons. The lowest BCUT2D eigenvalue weighted by molar-refractivity contribution is 0.0927. The van der Waals surface area contributed by atoms with Crippen LogP contribution in [0.15, 0.2) is 22.6 Å². The average Bonchev–Trinajstić information content (AvgIpc) is 2.79. The lowest BCUT2D eigenvalue weighted by atomic mass is 10.1. The van der Waals surface area contributed by atoms with E-state index >= 15 is 0 Å². The summed E-state index contributed by atoms with van der Waals surface area (Å²) < 4.78 is 10.5. The van der Waals surface area contributed by atoms with E-state index in [1.54, 1.807) is 25.3 Å². The predicted octanol–water partition coefficient (Wildman–Crippen LogP) is 2.36. The molecule has 0 aliphatic carbocycles. The Kier molecular flexibility index (Phi) is 5.61. The van der Waals surface area contributed by atoms with Crippen molar-refractivity contribution in [3.8, 4) is 0 Å². The van der Waals surface area contributed by atoms with E-state index in [9.17, 15) is 4.79 Å². The molecule has 1 aromatic carbocycles. The number of fused-ring (bicyclic) bond motifs is 1. The summed E-state index contributed by atoms with van der Waals surface area (Å²) in [5.41, 5.74) is 1.47. The Labute approximate surface area is 128 Å². The van der Waals surface area contributed by atoms with Crippen LogP contribution >= 0.6 is 11.6 Å². The van der Waals surface area contributed by atoms with Gasteiger partial charge in [-0.3, -0.25) is 4.79 Å². The van der Waals surface area contributed by atoms with Crippen molar-refractivity contribution in [3.63, 3.8) is 0 Å². The normalized spacial score (nSPS) is 11.0. The molecule has 0 radical (unpaired) electrons. The fourth-order valence-corrected chi connectivity index (χ4v) is 2.23. The van der Waals surface area contributed by atoms with Crippen LogP contribution in [0, 0.1) is 6.92 Å². The number of rotatable bonds is 7. The van der Waals surface area contributed by atoms with Crippen LogP contribution in [-0.2, 0) is 4.74 Å². The van der Waals surface area contributed by atoms with Gasteiger partial charge < -0.3 is 19.8 Å². The van der Waals surface area contributed by atoms with Crippen molar-refractivity contribution >= 4 is 28.5 Å². The van der Waals surface area contributed by atoms with Crippen LogP contribution in [0.5, 0.6) is 0 Å². The third kappa shape index (κ3) is 3.97. The molecule has 0 aliphatic rings. The second-order valence-electron chi connectivity index (χ2n) is 4.70. The molecular weight excluding hydrogens is 292 g/mol. The fourth-order valence-electron chi connectivity index (χ4n) is 2.05. The number of benzene rings is 1. The van der Waals surface area contributed by atoms with Crippen molar-refractivity contribution in [2.45, 2.75) is 6.92 Å². The predicted molar refractivity (Wildman–Crippen MR) is 83.0 cm³/mol. The van der Waals surface area contributed by atoms with Gasteiger partial charge in [0.05, 0.1) is 6.61 Å². The molecule has 0 saturated carbocycles. The van der Waals surface area contributed by atoms with Crippen LogP contribution in [0.3, 0.4) is 0 Å². The van der Waals surface area contributed by atoms with E-state index in [-0.39, 0.29) is 5.91 Å². The van der Waals surface area contributed by atoms with Gasteiger partial charge in [0.25, 0.3) is 5.91 Å². The Morgan fingerprint density at radius 2 is 2.14 bits per heavy atom. The Morgan fingerprint density at radius 3 is 2.90 bits per heavy atom. The van der Waals surface area contributed by atoms with Gasteiger partial charge >= 0.3 is 0 Å². The van der Waals surface area contributed by atoms with Gasteiger partial charge in [-0.2, -0.15) is 0 Å². The SMILES string of the molecule is COCCNCCNC(=O)c1oc2ccc(Cl)cc2c1C. The van der Waals surface area contributed by atoms with Crippen molar-refractivity contribution in [3.05, 3.63) is 34.5 Å². The van der Waals surface area contributed by atoms with E-state index in [2.05, 4.69) is 10.6 Å². The molecule has 0 unspecified atom stereocenters. The summed E-state index contributed by atoms with van der Waals surface area (Å²) >= 11 is 5.96. The number of nitrogens with one attached hydrogen (secondary N) is 2. The molecule has 1 aromatic heterocycles. The summed E-state index contributed by atoms with van der Waals surface area (Å²) in [5, 5.41) is 7.47. The molecule has 2 aromatic rings. The summed E-state index contributed by atoms with van der Waals surface area (Å²) in [7, 11) is 1.65. The molecule has 1 amide bonds. The zero-order valence-electron chi connectivity index (χ0n) is 12.2. The Morgan fingerprint density at radius 1 is 1.33 bits per heavy atom. The molecule has 0 spiro atoms. The lowest BCUT2D eigenvalue weighted by Crippen LogP contribution is -2.33. The first-order chi connectivity index (χ1) is 10.1. The minimum Gasteiger partial charge on any atom is -0.451 e. The maximum atomic E-state index is 12.1. The number of aryl methyl sites for hydroxylation is 1. The van der Waals surface area contributed by atoms with Crippen molar-refractivity contribution in [2.24, 2.45) is 0 Å². The van der Waals surface area contributed by atoms with Crippen molar-refractivity contribution in [2.75, 3.05) is 33.4 Å². The number of amides is 1. The third-order valence-corrected chi connectivity index (χ3v) is 3.41. The molecule has 0 atom stereocenters. The summed E-state index contributed by atoms with van der Waals surface area (Å²) in [6.07, 6.45) is 0. The van der Waals surface area contributed by atoms with Crippen molar-refractivity contribution in [1.82, 2.24) is 10.6 Å². The molecular formula is C15H19ClN2O3. The number of furan rings is 1. The summed E-state index contributed by atoms with van der Waals surface area (Å²) in [6, 6.07) is 5.32. The number of hydrogen-bond acceptors (Lipinski definition) is 4. The first kappa shape index (κ1) is 15.8. The first-order valence-corrected chi connectivity index (χ1v) is 7.17. The van der Waals surface area contributed by atoms with E-state index in [0.29, 0.717) is 36.1 Å². The number of ether oxygens (including phenoxy) is 1. The summed E-state index contributed by atoms with van der Waals surface area (Å²) in [6.45, 7) is 4.47. The largest absolute Gasteiger partial charge is 0.451 e. The van der Waals surface area contributed by atoms with Crippen LogP contribution in [0.2, 0.25) is 5.02 Å². The highest BCUT2D eigenvalue weighted by Gasteiger charge is 2.17. The maximum absolute atomic E-state index is 12.1. The van der Waals surface area contributed by atoms with Gasteiger partial charge in [0.1, 0.15) is 5.58 Å². The first-order valence-electron chi connectivity index (χ1n) is 6.80. The molecule has 1 heterocycles. The zero-order valence-corrected chi connectivity index (χ0v) is 12.9. The molecule has 21 heavy (non-hydrogen) atoms. The topological polar surface area (TPSA) is 63.5 Å². The Hall–Kier alpha value is -1.56. The number of hydrogen-bond donors (Lipinski definition) is 2. The van der Waals surface area contributed by atoms with Gasteiger partial charge in [0.15, 0.2) is 5.76 Å². The smallest absolute Gasteiger partial charge is 0.287 e. The van der Waals surface area contributed by atoms with Crippen molar-refractivity contribution < 1.29 is 13.9 Å². The minimum absolute atomic E-state index is 0.214. The number of halogens is 1. The summed E-state index contributed by atoms with van der Waals surface area (Å²) in [4.78, 5) is 12.1. The Balaban J connectivity index is 1.95. The number of carbonyl (C=O) groups is 1. The van der Waals surface area contributed by atoms with E-state index in [1.165, 1.54) is 0 Å². The van der Waals surface area contributed by atoms with Crippen LogP contribution in [0.1, 0.15) is 16.1 Å². The van der Waals surface area contributed by atoms with Gasteiger partial charge in [0.2, 0.25) is 0 Å². The molecule has 0 bridgehead atoms. The van der Waals surface area contributed by atoms with E-state index < -0.39 is 0 Å². The monoisotopic (exact) mass is 310 g/mol. The molecule has 2 rings (SSSR count). The fraction of sp³-hybridized carbons (Fsp3) is 0.400. The second-order valence-corrected chi connectivity index (χ2v) is 5.13. The lowest BCUT2D eigenvalue weighted by Gasteiger charge is -2.05. The third-order valence-electron chi connectivity index (χ3n) is 3.17. The molecule has 5 nitrogen and oxygen atoms in total. The molecule has 6 heteroatoms. The second kappa shape index (κ2) is 7.45. The van der Waals surface area contributed by atoms with E-state index in [1.807, 2.05) is 6.92 Å². The summed E-state index contributed by atoms with van der Waals surface area (Å²) in [5.74, 6) is 0.123. The van der Waals surface area contributed by atoms with Crippen LogP contribution in [0.25, 0.3) is 11.0 Å². The highest BCUT2D eigenvalue weighted by Crippen LogP contribution is 2.27. The highest BCUT2D eigenvalue weighted by molar-refractivity contribution is 6.31. The average molecular weight is 311 g/mol. The van der Waals surface area contributed by atoms with Gasteiger partial charge in [-0.25, -0.2) is 0 Å². The Bertz CT molecular complexity index is 625. The van der Waals surface area contributed by atoms with Crippen LogP contribution in [0.4, 0.5) is 0 Å². The van der Waals surface area contributed by atoms with Gasteiger partial charge in [-0.15, -0.1) is 0 Å². The molecule has 2 N–H and O–H groups in total. The molecule has 0 fully saturated rings. The van der Waals surface area contributed by atoms with E-state index in [0.717, 1.165) is 17.5 Å².